The van der Waals surface area contributed by atoms with Crippen LogP contribution in [-0.2, 0) is 10.2 Å². The zero-order valence-electron chi connectivity index (χ0n) is 11.8. The van der Waals surface area contributed by atoms with E-state index in [0.717, 1.165) is 17.3 Å². The van der Waals surface area contributed by atoms with Crippen LogP contribution in [0.3, 0.4) is 0 Å². The molecular weight excluding hydrogens is 360 g/mol. The van der Waals surface area contributed by atoms with E-state index in [9.17, 15) is 13.5 Å². The summed E-state index contributed by atoms with van der Waals surface area (Å²) < 4.78 is 34.7. The van der Waals surface area contributed by atoms with Gasteiger partial charge >= 0.3 is 10.2 Å². The number of halogens is 1. The Morgan fingerprint density at radius 1 is 1.43 bits per heavy atom. The predicted molar refractivity (Wildman–Crippen MR) is 84.7 cm³/mol. The number of rotatable bonds is 5. The van der Waals surface area contributed by atoms with E-state index in [1.165, 1.54) is 11.4 Å². The molecule has 1 heterocycles. The lowest BCUT2D eigenvalue weighted by molar-refractivity contribution is 0.156. The minimum Gasteiger partial charge on any atom is -0.497 e. The smallest absolute Gasteiger partial charge is 0.301 e. The third-order valence-electron chi connectivity index (χ3n) is 3.45. The van der Waals surface area contributed by atoms with Crippen molar-refractivity contribution < 1.29 is 18.3 Å². The lowest BCUT2D eigenvalue weighted by Gasteiger charge is -2.33. The van der Waals surface area contributed by atoms with Crippen LogP contribution in [0.1, 0.15) is 19.3 Å². The zero-order valence-corrected chi connectivity index (χ0v) is 14.2. The molecule has 0 spiro atoms. The monoisotopic (exact) mass is 378 g/mol. The standard InChI is InChI=1S/C13H19BrN2O4S/c1-20-13-7-10(14)6-11(8-13)15-21(18,19)16-5-3-2-4-12(16)9-17/h6-8,12,15,17H,2-5,9H2,1H3. The summed E-state index contributed by atoms with van der Waals surface area (Å²) in [4.78, 5) is 0. The fourth-order valence-corrected chi connectivity index (χ4v) is 4.36. The number of methoxy groups -OCH3 is 1. The molecule has 6 nitrogen and oxygen atoms in total. The number of nitrogens with one attached hydrogen (secondary N) is 1. The summed E-state index contributed by atoms with van der Waals surface area (Å²) >= 11 is 3.31. The number of aliphatic hydroxyl groups is 1. The molecule has 0 aliphatic carbocycles. The van der Waals surface area contributed by atoms with Crippen LogP contribution in [0, 0.1) is 0 Å². The number of ether oxygens (including phenoxy) is 1. The topological polar surface area (TPSA) is 78.9 Å². The zero-order chi connectivity index (χ0) is 15.5. The van der Waals surface area contributed by atoms with Gasteiger partial charge in [-0.3, -0.25) is 4.72 Å². The number of nitrogens with zero attached hydrogens (tertiary/aromatic N) is 1. The maximum atomic E-state index is 12.5. The highest BCUT2D eigenvalue weighted by molar-refractivity contribution is 9.10. The van der Waals surface area contributed by atoms with Gasteiger partial charge < -0.3 is 9.84 Å². The van der Waals surface area contributed by atoms with Crippen LogP contribution in [0.2, 0.25) is 0 Å². The van der Waals surface area contributed by atoms with Crippen molar-refractivity contribution in [3.63, 3.8) is 0 Å². The molecule has 1 aliphatic heterocycles. The normalized spacial score (nSPS) is 20.2. The highest BCUT2D eigenvalue weighted by atomic mass is 79.9. The largest absolute Gasteiger partial charge is 0.497 e. The van der Waals surface area contributed by atoms with Gasteiger partial charge in [-0.25, -0.2) is 0 Å². The van der Waals surface area contributed by atoms with Crippen LogP contribution in [0.25, 0.3) is 0 Å². The minimum absolute atomic E-state index is 0.164. The van der Waals surface area contributed by atoms with Crippen LogP contribution in [0.4, 0.5) is 5.69 Å². The predicted octanol–water partition coefficient (Wildman–Crippen LogP) is 1.96. The highest BCUT2D eigenvalue weighted by Crippen LogP contribution is 2.27. The van der Waals surface area contributed by atoms with Crippen molar-refractivity contribution in [2.45, 2.75) is 25.3 Å². The van der Waals surface area contributed by atoms with E-state index in [2.05, 4.69) is 20.7 Å². The molecular formula is C13H19BrN2O4S. The number of piperidine rings is 1. The summed E-state index contributed by atoms with van der Waals surface area (Å²) in [5, 5.41) is 9.36. The Morgan fingerprint density at radius 3 is 2.86 bits per heavy atom. The van der Waals surface area contributed by atoms with Gasteiger partial charge in [0.05, 0.1) is 19.4 Å². The van der Waals surface area contributed by atoms with Gasteiger partial charge in [0.15, 0.2) is 0 Å². The van der Waals surface area contributed by atoms with Gasteiger partial charge in [0, 0.05) is 23.1 Å². The van der Waals surface area contributed by atoms with Gasteiger partial charge in [0.25, 0.3) is 0 Å². The first-order valence-electron chi connectivity index (χ1n) is 6.71. The summed E-state index contributed by atoms with van der Waals surface area (Å²) in [5.41, 5.74) is 0.420. The molecule has 0 bridgehead atoms. The van der Waals surface area contributed by atoms with Crippen LogP contribution < -0.4 is 9.46 Å². The van der Waals surface area contributed by atoms with Crippen molar-refractivity contribution in [2.75, 3.05) is 25.0 Å². The summed E-state index contributed by atoms with van der Waals surface area (Å²) in [7, 11) is -2.17. The van der Waals surface area contributed by atoms with Crippen LogP contribution in [0.5, 0.6) is 5.75 Å². The lowest BCUT2D eigenvalue weighted by Crippen LogP contribution is -2.47. The Kier molecular flexibility index (Phi) is 5.48. The quantitative estimate of drug-likeness (QED) is 0.820. The minimum atomic E-state index is -3.69. The summed E-state index contributed by atoms with van der Waals surface area (Å²) in [5.74, 6) is 0.555. The van der Waals surface area contributed by atoms with Gasteiger partial charge in [0.1, 0.15) is 5.75 Å². The average Bonchev–Trinajstić information content (AvgIpc) is 2.46. The van der Waals surface area contributed by atoms with Gasteiger partial charge in [-0.2, -0.15) is 12.7 Å². The van der Waals surface area contributed by atoms with Crippen molar-refractivity contribution in [2.24, 2.45) is 0 Å². The van der Waals surface area contributed by atoms with Crippen molar-refractivity contribution in [1.82, 2.24) is 4.31 Å². The third-order valence-corrected chi connectivity index (χ3v) is 5.50. The SMILES string of the molecule is COc1cc(Br)cc(NS(=O)(=O)N2CCCCC2CO)c1. The Bertz CT molecular complexity index is 594. The van der Waals surface area contributed by atoms with E-state index in [1.807, 2.05) is 0 Å². The van der Waals surface area contributed by atoms with Gasteiger partial charge in [-0.15, -0.1) is 0 Å². The number of benzene rings is 1. The number of hydrogen-bond acceptors (Lipinski definition) is 4. The molecule has 0 amide bonds. The van der Waals surface area contributed by atoms with Crippen molar-refractivity contribution >= 4 is 31.8 Å². The van der Waals surface area contributed by atoms with Gasteiger partial charge in [-0.1, -0.05) is 22.4 Å². The van der Waals surface area contributed by atoms with Gasteiger partial charge in [0.2, 0.25) is 0 Å². The number of aliphatic hydroxyl groups excluding tert-OH is 1. The van der Waals surface area contributed by atoms with E-state index in [0.29, 0.717) is 24.4 Å². The first kappa shape index (κ1) is 16.5. The highest BCUT2D eigenvalue weighted by Gasteiger charge is 2.31. The van der Waals surface area contributed by atoms with Crippen molar-refractivity contribution in [3.8, 4) is 5.75 Å². The molecule has 0 saturated carbocycles. The molecule has 1 fully saturated rings. The van der Waals surface area contributed by atoms with Crippen LogP contribution >= 0.6 is 15.9 Å². The Labute approximate surface area is 133 Å². The summed E-state index contributed by atoms with van der Waals surface area (Å²) in [6.07, 6.45) is 2.42. The number of anilines is 1. The van der Waals surface area contributed by atoms with E-state index >= 15 is 0 Å². The van der Waals surface area contributed by atoms with Crippen LogP contribution in [-0.4, -0.2) is 44.1 Å². The van der Waals surface area contributed by atoms with Crippen LogP contribution in [0.15, 0.2) is 22.7 Å². The molecule has 1 aromatic carbocycles. The molecule has 1 saturated heterocycles. The number of hydrogen-bond donors (Lipinski definition) is 2. The Balaban J connectivity index is 2.22. The first-order chi connectivity index (χ1) is 9.96. The fraction of sp³-hybridized carbons (Fsp3) is 0.538. The van der Waals surface area contributed by atoms with E-state index in [-0.39, 0.29) is 12.6 Å². The van der Waals surface area contributed by atoms with E-state index < -0.39 is 10.2 Å². The fourth-order valence-electron chi connectivity index (χ4n) is 2.42. The maximum Gasteiger partial charge on any atom is 0.301 e. The molecule has 21 heavy (non-hydrogen) atoms. The molecule has 2 rings (SSSR count). The van der Waals surface area contributed by atoms with E-state index in [4.69, 9.17) is 4.74 Å². The molecule has 2 N–H and O–H groups in total. The molecule has 1 unspecified atom stereocenters. The third kappa shape index (κ3) is 4.09. The second kappa shape index (κ2) is 6.95. The second-order valence-corrected chi connectivity index (χ2v) is 7.47. The molecule has 0 aromatic heterocycles. The molecule has 1 atom stereocenters. The van der Waals surface area contributed by atoms with Crippen molar-refractivity contribution in [1.29, 1.82) is 0 Å². The molecule has 8 heteroatoms. The summed E-state index contributed by atoms with van der Waals surface area (Å²) in [6, 6.07) is 4.67. The van der Waals surface area contributed by atoms with Crippen molar-refractivity contribution in [3.05, 3.63) is 22.7 Å². The second-order valence-electron chi connectivity index (χ2n) is 4.93. The first-order valence-corrected chi connectivity index (χ1v) is 8.94. The van der Waals surface area contributed by atoms with Gasteiger partial charge in [-0.05, 0) is 25.0 Å². The lowest BCUT2D eigenvalue weighted by atomic mass is 10.1. The average molecular weight is 379 g/mol. The summed E-state index contributed by atoms with van der Waals surface area (Å²) in [6.45, 7) is 0.258. The Morgan fingerprint density at radius 2 is 2.19 bits per heavy atom. The maximum absolute atomic E-state index is 12.5. The molecule has 1 aromatic rings. The Hall–Kier alpha value is -0.830. The molecule has 1 aliphatic rings. The van der Waals surface area contributed by atoms with E-state index in [1.54, 1.807) is 18.2 Å². The molecule has 0 radical (unpaired) electrons. The molecule has 118 valence electrons.